The molecule has 0 aromatic heterocycles. The van der Waals surface area contributed by atoms with Gasteiger partial charge in [0.15, 0.2) is 0 Å². The predicted octanol–water partition coefficient (Wildman–Crippen LogP) is 2.46. The average Bonchev–Trinajstić information content (AvgIpc) is 3.05. The van der Waals surface area contributed by atoms with E-state index in [1.165, 1.54) is 0 Å². The van der Waals surface area contributed by atoms with Gasteiger partial charge in [0.2, 0.25) is 11.8 Å². The van der Waals surface area contributed by atoms with E-state index in [9.17, 15) is 19.2 Å². The minimum Gasteiger partial charge on any atom is -0.493 e. The van der Waals surface area contributed by atoms with Crippen molar-refractivity contribution in [2.45, 2.75) is 38.3 Å². The van der Waals surface area contributed by atoms with E-state index in [2.05, 4.69) is 5.32 Å². The summed E-state index contributed by atoms with van der Waals surface area (Å²) in [5.41, 5.74) is 1.50. The van der Waals surface area contributed by atoms with E-state index >= 15 is 0 Å². The molecule has 166 valence electrons. The lowest BCUT2D eigenvalue weighted by Crippen LogP contribution is -2.54. The van der Waals surface area contributed by atoms with Crippen molar-refractivity contribution >= 4 is 23.6 Å². The van der Waals surface area contributed by atoms with Crippen LogP contribution in [0.5, 0.6) is 5.75 Å². The first-order chi connectivity index (χ1) is 15.6. The molecule has 4 rings (SSSR count). The van der Waals surface area contributed by atoms with Crippen molar-refractivity contribution in [3.05, 3.63) is 65.2 Å². The summed E-state index contributed by atoms with van der Waals surface area (Å²) in [6, 6.07) is 13.8. The van der Waals surface area contributed by atoms with Crippen molar-refractivity contribution in [3.63, 3.8) is 0 Å². The van der Waals surface area contributed by atoms with Crippen LogP contribution in [-0.2, 0) is 20.9 Å². The lowest BCUT2D eigenvalue weighted by Gasteiger charge is -2.27. The van der Waals surface area contributed by atoms with E-state index in [1.807, 2.05) is 30.3 Å². The maximum absolute atomic E-state index is 13.0. The van der Waals surface area contributed by atoms with E-state index in [4.69, 9.17) is 9.47 Å². The highest BCUT2D eigenvalue weighted by atomic mass is 16.5. The Kier molecular flexibility index (Phi) is 6.61. The highest BCUT2D eigenvalue weighted by molar-refractivity contribution is 6.24. The number of carbonyl (C=O) groups is 4. The van der Waals surface area contributed by atoms with E-state index in [0.717, 1.165) is 23.3 Å². The Morgan fingerprint density at radius 3 is 2.47 bits per heavy atom. The molecular formula is C24H24N2O6. The lowest BCUT2D eigenvalue weighted by molar-refractivity contribution is -0.136. The zero-order chi connectivity index (χ0) is 22.5. The summed E-state index contributed by atoms with van der Waals surface area (Å²) >= 11 is 0. The molecule has 1 fully saturated rings. The van der Waals surface area contributed by atoms with Gasteiger partial charge in [0, 0.05) is 13.0 Å². The number of fused-ring (bicyclic) bond motifs is 1. The average molecular weight is 436 g/mol. The summed E-state index contributed by atoms with van der Waals surface area (Å²) < 4.78 is 11.5. The van der Waals surface area contributed by atoms with Crippen molar-refractivity contribution in [2.75, 3.05) is 13.2 Å². The maximum atomic E-state index is 13.0. The van der Waals surface area contributed by atoms with Crippen molar-refractivity contribution in [1.82, 2.24) is 10.2 Å². The molecule has 0 radical (unpaired) electrons. The molecule has 0 bridgehead atoms. The Labute approximate surface area is 185 Å². The van der Waals surface area contributed by atoms with Crippen LogP contribution in [0.15, 0.2) is 48.5 Å². The molecule has 2 aliphatic heterocycles. The van der Waals surface area contributed by atoms with Gasteiger partial charge in [0.05, 0.1) is 24.3 Å². The van der Waals surface area contributed by atoms with Crippen LogP contribution < -0.4 is 10.1 Å². The number of amides is 4. The largest absolute Gasteiger partial charge is 0.493 e. The van der Waals surface area contributed by atoms with Crippen molar-refractivity contribution in [3.8, 4) is 5.75 Å². The molecule has 2 heterocycles. The number of nitrogens with one attached hydrogen (secondary N) is 1. The van der Waals surface area contributed by atoms with Crippen LogP contribution in [0.4, 0.5) is 0 Å². The third-order valence-corrected chi connectivity index (χ3v) is 5.48. The second kappa shape index (κ2) is 9.74. The zero-order valence-corrected chi connectivity index (χ0v) is 17.5. The second-order valence-electron chi connectivity index (χ2n) is 7.72. The maximum Gasteiger partial charge on any atom is 0.266 e. The fourth-order valence-corrected chi connectivity index (χ4v) is 3.86. The summed E-state index contributed by atoms with van der Waals surface area (Å²) in [5, 5.41) is 2.19. The van der Waals surface area contributed by atoms with Crippen LogP contribution in [-0.4, -0.2) is 47.8 Å². The van der Waals surface area contributed by atoms with Gasteiger partial charge in [0.1, 0.15) is 11.8 Å². The first kappa shape index (κ1) is 21.7. The Morgan fingerprint density at radius 2 is 1.69 bits per heavy atom. The molecule has 8 nitrogen and oxygen atoms in total. The minimum atomic E-state index is -0.991. The van der Waals surface area contributed by atoms with Crippen molar-refractivity contribution in [2.24, 2.45) is 0 Å². The summed E-state index contributed by atoms with van der Waals surface area (Å²) in [5.74, 6) is -1.82. The zero-order valence-electron chi connectivity index (χ0n) is 17.5. The molecule has 1 atom stereocenters. The predicted molar refractivity (Wildman–Crippen MR) is 114 cm³/mol. The smallest absolute Gasteiger partial charge is 0.266 e. The monoisotopic (exact) mass is 436 g/mol. The number of hydrogen-bond donors (Lipinski definition) is 1. The number of ether oxygens (including phenoxy) is 2. The Morgan fingerprint density at radius 1 is 0.906 bits per heavy atom. The number of nitrogens with zero attached hydrogens (tertiary/aromatic N) is 1. The summed E-state index contributed by atoms with van der Waals surface area (Å²) in [6.07, 6.45) is 1.71. The topological polar surface area (TPSA) is 102 Å². The number of imide groups is 2. The molecular weight excluding hydrogens is 412 g/mol. The number of unbranched alkanes of at least 4 members (excludes halogenated alkanes) is 1. The first-order valence-corrected chi connectivity index (χ1v) is 10.7. The van der Waals surface area contributed by atoms with Crippen LogP contribution in [0.2, 0.25) is 0 Å². The molecule has 8 heteroatoms. The Balaban J connectivity index is 1.31. The van der Waals surface area contributed by atoms with Gasteiger partial charge < -0.3 is 9.47 Å². The second-order valence-corrected chi connectivity index (χ2v) is 7.72. The molecule has 0 saturated carbocycles. The van der Waals surface area contributed by atoms with Crippen molar-refractivity contribution in [1.29, 1.82) is 0 Å². The lowest BCUT2D eigenvalue weighted by atomic mass is 10.0. The van der Waals surface area contributed by atoms with Gasteiger partial charge in [-0.15, -0.1) is 0 Å². The fraction of sp³-hybridized carbons (Fsp3) is 0.333. The summed E-state index contributed by atoms with van der Waals surface area (Å²) in [4.78, 5) is 50.4. The first-order valence-electron chi connectivity index (χ1n) is 10.7. The molecule has 32 heavy (non-hydrogen) atoms. The summed E-state index contributed by atoms with van der Waals surface area (Å²) in [7, 11) is 0. The third kappa shape index (κ3) is 4.55. The van der Waals surface area contributed by atoms with Gasteiger partial charge in [-0.1, -0.05) is 36.4 Å². The van der Waals surface area contributed by atoms with Gasteiger partial charge >= 0.3 is 0 Å². The highest BCUT2D eigenvalue weighted by Gasteiger charge is 2.45. The van der Waals surface area contributed by atoms with E-state index < -0.39 is 29.7 Å². The molecule has 1 saturated heterocycles. The molecule has 2 aromatic rings. The van der Waals surface area contributed by atoms with E-state index in [0.29, 0.717) is 25.6 Å². The number of piperidine rings is 1. The number of hydrogen-bond acceptors (Lipinski definition) is 6. The van der Waals surface area contributed by atoms with Crippen LogP contribution in [0.25, 0.3) is 0 Å². The van der Waals surface area contributed by atoms with Gasteiger partial charge in [-0.2, -0.15) is 0 Å². The fourth-order valence-electron chi connectivity index (χ4n) is 3.86. The van der Waals surface area contributed by atoms with Crippen LogP contribution in [0.3, 0.4) is 0 Å². The van der Waals surface area contributed by atoms with E-state index in [1.54, 1.807) is 18.2 Å². The minimum absolute atomic E-state index is 0.0828. The third-order valence-electron chi connectivity index (χ3n) is 5.48. The van der Waals surface area contributed by atoms with Gasteiger partial charge in [-0.05, 0) is 37.0 Å². The van der Waals surface area contributed by atoms with Gasteiger partial charge in [-0.25, -0.2) is 0 Å². The molecule has 2 aromatic carbocycles. The standard InChI is InChI=1S/C24H24N2O6/c27-20-12-11-18(22(28)25-20)26-23(29)17-9-6-10-19(21(17)24(26)30)32-14-5-4-13-31-15-16-7-2-1-3-8-16/h1-3,6-10,18H,4-5,11-15H2,(H,25,27,28). The highest BCUT2D eigenvalue weighted by Crippen LogP contribution is 2.33. The number of benzene rings is 2. The SMILES string of the molecule is O=C1CCC(N2C(=O)c3cccc(OCCCCOCc4ccccc4)c3C2=O)C(=O)N1. The molecule has 2 aliphatic rings. The van der Waals surface area contributed by atoms with Crippen LogP contribution in [0.1, 0.15) is 52.0 Å². The molecule has 1 N–H and O–H groups in total. The normalized spacial score (nSPS) is 18.0. The van der Waals surface area contributed by atoms with E-state index in [-0.39, 0.29) is 24.0 Å². The Hall–Kier alpha value is -3.52. The van der Waals surface area contributed by atoms with Gasteiger partial charge in [0.25, 0.3) is 11.8 Å². The molecule has 1 unspecified atom stereocenters. The van der Waals surface area contributed by atoms with Crippen molar-refractivity contribution < 1.29 is 28.7 Å². The van der Waals surface area contributed by atoms with Gasteiger partial charge in [-0.3, -0.25) is 29.4 Å². The van der Waals surface area contributed by atoms with Crippen LogP contribution in [0, 0.1) is 0 Å². The quantitative estimate of drug-likeness (QED) is 0.479. The molecule has 0 aliphatic carbocycles. The number of rotatable bonds is 9. The van der Waals surface area contributed by atoms with Crippen LogP contribution >= 0.6 is 0 Å². The number of carbonyl (C=O) groups excluding carboxylic acids is 4. The molecule has 0 spiro atoms. The molecule has 4 amide bonds. The Bertz CT molecular complexity index is 1040. The summed E-state index contributed by atoms with van der Waals surface area (Å²) in [6.45, 7) is 1.51.